The Hall–Kier alpha value is -0.346. The van der Waals surface area contributed by atoms with Crippen LogP contribution in [-0.4, -0.2) is 52.9 Å². The van der Waals surface area contributed by atoms with Crippen molar-refractivity contribution in [2.75, 3.05) is 13.2 Å². The van der Waals surface area contributed by atoms with Crippen LogP contribution in [0.1, 0.15) is 38.5 Å². The standard InChI is InChI=1S/C16H30O5Si2/c1-22(2,15(17)9-5-7-13-11-19-13)21-23(3,4)16(18)10-6-8-14-12-20-14/h13-14H,5-12H2,1-4H3. The Bertz CT molecular complexity index is 402. The molecule has 0 saturated carbocycles. The summed E-state index contributed by atoms with van der Waals surface area (Å²) in [6.45, 7) is 9.41. The molecule has 7 heteroatoms. The Kier molecular flexibility index (Phi) is 6.35. The molecule has 0 bridgehead atoms. The minimum atomic E-state index is -2.47. The van der Waals surface area contributed by atoms with E-state index < -0.39 is 16.6 Å². The fraction of sp³-hybridized carbons (Fsp3) is 0.875. The third-order valence-electron chi connectivity index (χ3n) is 4.52. The van der Waals surface area contributed by atoms with Gasteiger partial charge in [-0.3, -0.25) is 0 Å². The van der Waals surface area contributed by atoms with Crippen LogP contribution in [0, 0.1) is 0 Å². The first-order valence-corrected chi connectivity index (χ1v) is 14.5. The van der Waals surface area contributed by atoms with Gasteiger partial charge in [-0.2, -0.15) is 0 Å². The number of hydrogen-bond donors (Lipinski definition) is 0. The lowest BCUT2D eigenvalue weighted by molar-refractivity contribution is -0.114. The maximum Gasteiger partial charge on any atom is 0.248 e. The van der Waals surface area contributed by atoms with Crippen LogP contribution in [0.5, 0.6) is 0 Å². The Labute approximate surface area is 141 Å². The molecule has 0 aliphatic carbocycles. The maximum atomic E-state index is 12.5. The van der Waals surface area contributed by atoms with Crippen molar-refractivity contribution in [3.05, 3.63) is 0 Å². The molecule has 2 heterocycles. The molecule has 5 nitrogen and oxygen atoms in total. The molecule has 2 rings (SSSR count). The van der Waals surface area contributed by atoms with Crippen molar-refractivity contribution in [1.82, 2.24) is 0 Å². The van der Waals surface area contributed by atoms with E-state index in [1.165, 1.54) is 0 Å². The molecule has 2 saturated heterocycles. The lowest BCUT2D eigenvalue weighted by atomic mass is 10.2. The summed E-state index contributed by atoms with van der Waals surface area (Å²) in [5.74, 6) is 0. The van der Waals surface area contributed by atoms with E-state index in [0.717, 1.165) is 38.9 Å². The number of carbonyl (C=O) groups excluding carboxylic acids is 2. The van der Waals surface area contributed by atoms with Crippen LogP contribution in [-0.2, 0) is 23.2 Å². The Morgan fingerprint density at radius 3 is 1.52 bits per heavy atom. The van der Waals surface area contributed by atoms with Crippen LogP contribution in [0.15, 0.2) is 0 Å². The molecule has 2 atom stereocenters. The van der Waals surface area contributed by atoms with Crippen LogP contribution in [0.4, 0.5) is 0 Å². The number of rotatable bonds is 12. The third-order valence-corrected chi connectivity index (χ3v) is 11.8. The van der Waals surface area contributed by atoms with Gasteiger partial charge in [0, 0.05) is 12.8 Å². The molecule has 0 spiro atoms. The fourth-order valence-electron chi connectivity index (χ4n) is 2.80. The van der Waals surface area contributed by atoms with Crippen LogP contribution >= 0.6 is 0 Å². The molecule has 0 aromatic carbocycles. The SMILES string of the molecule is C[Si](C)(O[Si](C)(C)C(=O)CCCC1CO1)C(=O)CCCC1CO1. The predicted molar refractivity (Wildman–Crippen MR) is 93.2 cm³/mol. The highest BCUT2D eigenvalue weighted by atomic mass is 28.4. The largest absolute Gasteiger partial charge is 0.445 e. The topological polar surface area (TPSA) is 68.4 Å². The highest BCUT2D eigenvalue weighted by Crippen LogP contribution is 2.23. The van der Waals surface area contributed by atoms with E-state index in [4.69, 9.17) is 13.6 Å². The molecule has 0 amide bonds. The second-order valence-electron chi connectivity index (χ2n) is 7.66. The molecule has 0 aromatic rings. The summed E-state index contributed by atoms with van der Waals surface area (Å²) < 4.78 is 16.5. The van der Waals surface area contributed by atoms with E-state index in [9.17, 15) is 9.59 Å². The molecule has 2 fully saturated rings. The maximum absolute atomic E-state index is 12.5. The molecular formula is C16H30O5Si2. The van der Waals surface area contributed by atoms with Gasteiger partial charge in [0.2, 0.25) is 16.6 Å². The second-order valence-corrected chi connectivity index (χ2v) is 15.6. The molecule has 23 heavy (non-hydrogen) atoms. The Balaban J connectivity index is 1.74. The molecule has 132 valence electrons. The van der Waals surface area contributed by atoms with Gasteiger partial charge in [-0.05, 0) is 51.9 Å². The number of ether oxygens (including phenoxy) is 2. The van der Waals surface area contributed by atoms with Crippen molar-refractivity contribution in [3.63, 3.8) is 0 Å². The van der Waals surface area contributed by atoms with Crippen molar-refractivity contribution in [2.45, 2.75) is 76.9 Å². The minimum Gasteiger partial charge on any atom is -0.445 e. The zero-order valence-corrected chi connectivity index (χ0v) is 16.9. The predicted octanol–water partition coefficient (Wildman–Crippen LogP) is 2.77. The van der Waals surface area contributed by atoms with E-state index in [-0.39, 0.29) is 10.8 Å². The van der Waals surface area contributed by atoms with Crippen LogP contribution in [0.3, 0.4) is 0 Å². The minimum absolute atomic E-state index is 0.220. The zero-order chi connectivity index (χ0) is 17.1. The van der Waals surface area contributed by atoms with Gasteiger partial charge in [-0.1, -0.05) is 0 Å². The van der Waals surface area contributed by atoms with E-state index in [1.807, 2.05) is 26.2 Å². The first kappa shape index (κ1) is 19.0. The second kappa shape index (κ2) is 7.69. The molecule has 2 unspecified atom stereocenters. The average Bonchev–Trinajstić information content (AvgIpc) is 3.32. The van der Waals surface area contributed by atoms with Gasteiger partial charge >= 0.3 is 0 Å². The molecule has 0 N–H and O–H groups in total. The van der Waals surface area contributed by atoms with Gasteiger partial charge in [0.25, 0.3) is 0 Å². The molecule has 0 aromatic heterocycles. The highest BCUT2D eigenvalue weighted by molar-refractivity contribution is 7.10. The third kappa shape index (κ3) is 6.58. The first-order valence-electron chi connectivity index (χ1n) is 8.71. The van der Waals surface area contributed by atoms with Gasteiger partial charge in [0.1, 0.15) is 10.8 Å². The van der Waals surface area contributed by atoms with Gasteiger partial charge in [-0.15, -0.1) is 0 Å². The lowest BCUT2D eigenvalue weighted by Gasteiger charge is -2.31. The van der Waals surface area contributed by atoms with Crippen molar-refractivity contribution in [3.8, 4) is 0 Å². The zero-order valence-electron chi connectivity index (χ0n) is 14.9. The Morgan fingerprint density at radius 1 is 0.870 bits per heavy atom. The summed E-state index contributed by atoms with van der Waals surface area (Å²) >= 11 is 0. The van der Waals surface area contributed by atoms with Crippen LogP contribution in [0.25, 0.3) is 0 Å². The quantitative estimate of drug-likeness (QED) is 0.396. The van der Waals surface area contributed by atoms with E-state index in [0.29, 0.717) is 25.0 Å². The molecular weight excluding hydrogens is 328 g/mol. The van der Waals surface area contributed by atoms with Crippen molar-refractivity contribution in [1.29, 1.82) is 0 Å². The van der Waals surface area contributed by atoms with Crippen LogP contribution in [0.2, 0.25) is 26.2 Å². The smallest absolute Gasteiger partial charge is 0.248 e. The van der Waals surface area contributed by atoms with Gasteiger partial charge in [-0.25, -0.2) is 0 Å². The van der Waals surface area contributed by atoms with Crippen molar-refractivity contribution < 1.29 is 23.2 Å². The first-order chi connectivity index (χ1) is 10.7. The summed E-state index contributed by atoms with van der Waals surface area (Å²) in [5, 5.41) is 0.441. The van der Waals surface area contributed by atoms with Crippen molar-refractivity contribution >= 4 is 27.4 Å². The van der Waals surface area contributed by atoms with Crippen LogP contribution < -0.4 is 0 Å². The molecule has 2 aliphatic rings. The number of hydrogen-bond acceptors (Lipinski definition) is 5. The number of epoxide rings is 2. The average molecular weight is 359 g/mol. The summed E-state index contributed by atoms with van der Waals surface area (Å²) in [4.78, 5) is 24.9. The molecule has 2 aliphatic heterocycles. The number of carbonyl (C=O) groups is 2. The molecule has 0 radical (unpaired) electrons. The van der Waals surface area contributed by atoms with Gasteiger partial charge in [0.15, 0.2) is 0 Å². The monoisotopic (exact) mass is 358 g/mol. The highest BCUT2D eigenvalue weighted by Gasteiger charge is 2.42. The van der Waals surface area contributed by atoms with E-state index >= 15 is 0 Å². The normalized spacial score (nSPS) is 23.7. The summed E-state index contributed by atoms with van der Waals surface area (Å²) in [7, 11) is -4.94. The van der Waals surface area contributed by atoms with Gasteiger partial charge < -0.3 is 23.2 Å². The summed E-state index contributed by atoms with van der Waals surface area (Å²) in [5.41, 5.74) is 0. The summed E-state index contributed by atoms with van der Waals surface area (Å²) in [6, 6.07) is 0. The van der Waals surface area contributed by atoms with E-state index in [1.54, 1.807) is 0 Å². The van der Waals surface area contributed by atoms with Gasteiger partial charge in [0.05, 0.1) is 25.4 Å². The fourth-order valence-corrected chi connectivity index (χ4v) is 10.4. The van der Waals surface area contributed by atoms with Crippen molar-refractivity contribution in [2.24, 2.45) is 0 Å². The summed E-state index contributed by atoms with van der Waals surface area (Å²) in [6.07, 6.45) is 5.49. The van der Waals surface area contributed by atoms with E-state index in [2.05, 4.69) is 0 Å². The Morgan fingerprint density at radius 2 is 1.22 bits per heavy atom. The lowest BCUT2D eigenvalue weighted by Crippen LogP contribution is -2.54.